The highest BCUT2D eigenvalue weighted by Gasteiger charge is 2.58. The van der Waals surface area contributed by atoms with Gasteiger partial charge < -0.3 is 11.2 Å². The van der Waals surface area contributed by atoms with Crippen LogP contribution in [0.25, 0.3) is 0 Å². The summed E-state index contributed by atoms with van der Waals surface area (Å²) in [6.07, 6.45) is 8.27. The topological polar surface area (TPSA) is 57.5 Å². The molecule has 4 aliphatic carbocycles. The van der Waals surface area contributed by atoms with Gasteiger partial charge in [0.1, 0.15) is 0 Å². The van der Waals surface area contributed by atoms with Gasteiger partial charge in [-0.1, -0.05) is 13.8 Å². The maximum absolute atomic E-state index is 6.49. The van der Waals surface area contributed by atoms with Gasteiger partial charge >= 0.3 is 0 Å². The molecular formula is C12H24ClNO. The maximum atomic E-state index is 6.49. The van der Waals surface area contributed by atoms with Gasteiger partial charge in [-0.3, -0.25) is 0 Å². The van der Waals surface area contributed by atoms with E-state index in [0.29, 0.717) is 10.8 Å². The van der Waals surface area contributed by atoms with E-state index >= 15 is 0 Å². The molecule has 4 rings (SSSR count). The van der Waals surface area contributed by atoms with Crippen molar-refractivity contribution in [1.82, 2.24) is 0 Å². The molecule has 15 heavy (non-hydrogen) atoms. The van der Waals surface area contributed by atoms with Crippen LogP contribution in [0.5, 0.6) is 0 Å². The van der Waals surface area contributed by atoms with Crippen molar-refractivity contribution in [3.05, 3.63) is 0 Å². The molecular weight excluding hydrogens is 210 g/mol. The van der Waals surface area contributed by atoms with Crippen molar-refractivity contribution in [3.8, 4) is 0 Å². The van der Waals surface area contributed by atoms with Crippen molar-refractivity contribution in [3.63, 3.8) is 0 Å². The molecule has 0 aromatic rings. The Morgan fingerprint density at radius 2 is 1.40 bits per heavy atom. The Bertz CT molecular complexity index is 218. The second kappa shape index (κ2) is 3.35. The summed E-state index contributed by atoms with van der Waals surface area (Å²) >= 11 is 0. The molecule has 4 saturated carbocycles. The molecule has 3 heteroatoms. The van der Waals surface area contributed by atoms with Crippen LogP contribution in [-0.4, -0.2) is 11.0 Å². The zero-order valence-corrected chi connectivity index (χ0v) is 10.6. The van der Waals surface area contributed by atoms with E-state index in [-0.39, 0.29) is 23.4 Å². The fourth-order valence-electron chi connectivity index (χ4n) is 5.54. The van der Waals surface area contributed by atoms with Crippen molar-refractivity contribution in [2.24, 2.45) is 22.5 Å². The van der Waals surface area contributed by atoms with Gasteiger partial charge in [-0.2, -0.15) is 0 Å². The van der Waals surface area contributed by atoms with Crippen molar-refractivity contribution >= 4 is 12.4 Å². The average molecular weight is 234 g/mol. The lowest BCUT2D eigenvalue weighted by Gasteiger charge is -2.64. The highest BCUT2D eigenvalue weighted by atomic mass is 35.5. The minimum Gasteiger partial charge on any atom is -0.412 e. The summed E-state index contributed by atoms with van der Waals surface area (Å²) in [6.45, 7) is 4.94. The maximum Gasteiger partial charge on any atom is 0.0167 e. The summed E-state index contributed by atoms with van der Waals surface area (Å²) in [5, 5.41) is 0. The van der Waals surface area contributed by atoms with Gasteiger partial charge in [-0.15, -0.1) is 12.4 Å². The first-order valence-electron chi connectivity index (χ1n) is 5.70. The minimum absolute atomic E-state index is 0. The van der Waals surface area contributed by atoms with Crippen LogP contribution < -0.4 is 5.73 Å². The van der Waals surface area contributed by atoms with Gasteiger partial charge in [0.05, 0.1) is 0 Å². The standard InChI is InChI=1S/C12H21N.ClH.H2O/c1-10-3-9-4-11(2,6-10)8-12(13,5-9)7-10;;/h9H,3-8,13H2,1-2H3;1H;1H2. The number of hydrogen-bond donors (Lipinski definition) is 1. The molecule has 0 amide bonds. The van der Waals surface area contributed by atoms with Crippen LogP contribution in [0.1, 0.15) is 52.4 Å². The summed E-state index contributed by atoms with van der Waals surface area (Å²) in [5.74, 6) is 0.955. The summed E-state index contributed by atoms with van der Waals surface area (Å²) in [7, 11) is 0. The highest BCUT2D eigenvalue weighted by molar-refractivity contribution is 5.85. The molecule has 2 atom stereocenters. The fraction of sp³-hybridized carbons (Fsp3) is 1.00. The van der Waals surface area contributed by atoms with Crippen LogP contribution in [0.4, 0.5) is 0 Å². The van der Waals surface area contributed by atoms with Crippen LogP contribution in [-0.2, 0) is 0 Å². The van der Waals surface area contributed by atoms with Crippen molar-refractivity contribution in [2.75, 3.05) is 0 Å². The van der Waals surface area contributed by atoms with Gasteiger partial charge in [0.2, 0.25) is 0 Å². The molecule has 0 aromatic carbocycles. The predicted molar refractivity (Wildman–Crippen MR) is 65.2 cm³/mol. The van der Waals surface area contributed by atoms with Crippen LogP contribution in [0, 0.1) is 16.7 Å². The predicted octanol–water partition coefficient (Wildman–Crippen LogP) is 2.29. The van der Waals surface area contributed by atoms with Crippen molar-refractivity contribution < 1.29 is 5.48 Å². The molecule has 4 bridgehead atoms. The summed E-state index contributed by atoms with van der Waals surface area (Å²) in [6, 6.07) is 0. The van der Waals surface area contributed by atoms with E-state index in [1.165, 1.54) is 38.5 Å². The van der Waals surface area contributed by atoms with E-state index in [9.17, 15) is 0 Å². The number of hydrogen-bond acceptors (Lipinski definition) is 1. The SMILES string of the molecule is CC12CC3CC(C)(C1)CC(N)(C3)C2.Cl.O. The quantitative estimate of drug-likeness (QED) is 0.686. The number of nitrogens with two attached hydrogens (primary N) is 1. The van der Waals surface area contributed by atoms with Crippen LogP contribution in [0.2, 0.25) is 0 Å². The third-order valence-electron chi connectivity index (χ3n) is 4.67. The monoisotopic (exact) mass is 233 g/mol. The first-order chi connectivity index (χ1) is 5.91. The Labute approximate surface area is 98.7 Å². The van der Waals surface area contributed by atoms with Gasteiger partial charge in [0, 0.05) is 5.54 Å². The second-order valence-corrected chi connectivity index (χ2v) is 6.99. The van der Waals surface area contributed by atoms with Gasteiger partial charge in [-0.25, -0.2) is 0 Å². The summed E-state index contributed by atoms with van der Waals surface area (Å²) in [4.78, 5) is 0. The molecule has 4 N–H and O–H groups in total. The lowest BCUT2D eigenvalue weighted by atomic mass is 9.43. The molecule has 4 fully saturated rings. The molecule has 2 unspecified atom stereocenters. The summed E-state index contributed by atoms with van der Waals surface area (Å²) in [5.41, 5.74) is 7.92. The highest BCUT2D eigenvalue weighted by Crippen LogP contribution is 2.65. The van der Waals surface area contributed by atoms with Gasteiger partial charge in [0.25, 0.3) is 0 Å². The normalized spacial score (nSPS) is 55.8. The van der Waals surface area contributed by atoms with Crippen molar-refractivity contribution in [1.29, 1.82) is 0 Å². The number of rotatable bonds is 0. The zero-order valence-electron chi connectivity index (χ0n) is 9.81. The average Bonchev–Trinajstić information content (AvgIpc) is 1.71. The summed E-state index contributed by atoms with van der Waals surface area (Å²) < 4.78 is 0. The molecule has 2 nitrogen and oxygen atoms in total. The van der Waals surface area contributed by atoms with E-state index in [0.717, 1.165) is 5.92 Å². The van der Waals surface area contributed by atoms with E-state index in [2.05, 4.69) is 13.8 Å². The molecule has 4 aliphatic rings. The Morgan fingerprint density at radius 1 is 0.933 bits per heavy atom. The molecule has 90 valence electrons. The van der Waals surface area contributed by atoms with E-state index in [1.807, 2.05) is 0 Å². The van der Waals surface area contributed by atoms with Crippen LogP contribution in [0.3, 0.4) is 0 Å². The number of halogens is 1. The molecule has 0 aromatic heterocycles. The van der Waals surface area contributed by atoms with E-state index in [4.69, 9.17) is 5.73 Å². The Morgan fingerprint density at radius 3 is 1.73 bits per heavy atom. The van der Waals surface area contributed by atoms with Crippen LogP contribution in [0.15, 0.2) is 0 Å². The molecule has 0 spiro atoms. The lowest BCUT2D eigenvalue weighted by Crippen LogP contribution is -2.62. The zero-order chi connectivity index (χ0) is 9.32. The van der Waals surface area contributed by atoms with Gasteiger partial charge in [0.15, 0.2) is 0 Å². The Hall–Kier alpha value is 0.210. The fourth-order valence-corrected chi connectivity index (χ4v) is 5.54. The van der Waals surface area contributed by atoms with Crippen LogP contribution >= 0.6 is 12.4 Å². The minimum atomic E-state index is 0. The molecule has 0 saturated heterocycles. The van der Waals surface area contributed by atoms with Crippen molar-refractivity contribution in [2.45, 2.75) is 57.9 Å². The smallest absolute Gasteiger partial charge is 0.0167 e. The Balaban J connectivity index is 0.000000562. The van der Waals surface area contributed by atoms with Gasteiger partial charge in [-0.05, 0) is 55.3 Å². The largest absolute Gasteiger partial charge is 0.412 e. The Kier molecular flexibility index (Phi) is 2.96. The third-order valence-corrected chi connectivity index (χ3v) is 4.67. The third kappa shape index (κ3) is 1.92. The lowest BCUT2D eigenvalue weighted by molar-refractivity contribution is -0.104. The molecule has 0 radical (unpaired) electrons. The molecule has 0 aliphatic heterocycles. The van der Waals surface area contributed by atoms with E-state index < -0.39 is 0 Å². The second-order valence-electron chi connectivity index (χ2n) is 6.99. The first kappa shape index (κ1) is 13.3. The molecule has 0 heterocycles. The van der Waals surface area contributed by atoms with E-state index in [1.54, 1.807) is 0 Å². The first-order valence-corrected chi connectivity index (χ1v) is 5.70.